The standard InChI is InChI=1S/C21H24N4O5S/c1-24(2)31(27,28)15-5-6-17-16(13-15)23-20(25(17)3)8-9-21(26)22-14-4-7-18-19(12-14)30-11-10-29-18/h4-7,12-13H,8-11H2,1-3H3,(H,22,26). The summed E-state index contributed by atoms with van der Waals surface area (Å²) in [5.74, 6) is 1.83. The Bertz CT molecular complexity index is 1250. The van der Waals surface area contributed by atoms with Crippen molar-refractivity contribution in [3.63, 3.8) is 0 Å². The molecule has 2 aromatic carbocycles. The van der Waals surface area contributed by atoms with E-state index in [2.05, 4.69) is 10.3 Å². The number of nitrogens with zero attached hydrogens (tertiary/aromatic N) is 3. The Balaban J connectivity index is 1.46. The molecule has 9 nitrogen and oxygen atoms in total. The Morgan fingerprint density at radius 2 is 1.87 bits per heavy atom. The molecule has 0 spiro atoms. The quantitative estimate of drug-likeness (QED) is 0.625. The number of nitrogens with one attached hydrogen (secondary N) is 1. The average Bonchev–Trinajstić information content (AvgIpc) is 3.07. The van der Waals surface area contributed by atoms with Gasteiger partial charge in [0.05, 0.1) is 15.9 Å². The van der Waals surface area contributed by atoms with E-state index in [1.54, 1.807) is 36.4 Å². The Hall–Kier alpha value is -3.11. The largest absolute Gasteiger partial charge is 0.486 e. The Morgan fingerprint density at radius 1 is 1.13 bits per heavy atom. The third kappa shape index (κ3) is 4.21. The molecule has 10 heteroatoms. The summed E-state index contributed by atoms with van der Waals surface area (Å²) in [5.41, 5.74) is 2.02. The van der Waals surface area contributed by atoms with E-state index in [-0.39, 0.29) is 17.2 Å². The first kappa shape index (κ1) is 21.1. The van der Waals surface area contributed by atoms with Gasteiger partial charge in [0.1, 0.15) is 19.0 Å². The zero-order valence-electron chi connectivity index (χ0n) is 17.6. The van der Waals surface area contributed by atoms with E-state index in [9.17, 15) is 13.2 Å². The molecule has 0 saturated carbocycles. The molecule has 0 fully saturated rings. The van der Waals surface area contributed by atoms with Crippen molar-refractivity contribution in [1.82, 2.24) is 13.9 Å². The van der Waals surface area contributed by atoms with Crippen molar-refractivity contribution < 1.29 is 22.7 Å². The third-order valence-electron chi connectivity index (χ3n) is 5.13. The highest BCUT2D eigenvalue weighted by Gasteiger charge is 2.19. The predicted octanol–water partition coefficient (Wildman–Crippen LogP) is 2.17. The number of fused-ring (bicyclic) bond motifs is 2. The fraction of sp³-hybridized carbons (Fsp3) is 0.333. The van der Waals surface area contributed by atoms with Crippen molar-refractivity contribution in [2.45, 2.75) is 17.7 Å². The number of rotatable bonds is 6. The van der Waals surface area contributed by atoms with Gasteiger partial charge in [0.15, 0.2) is 11.5 Å². The van der Waals surface area contributed by atoms with Crippen LogP contribution in [-0.4, -0.2) is 55.5 Å². The molecule has 0 unspecified atom stereocenters. The number of amides is 1. The lowest BCUT2D eigenvalue weighted by atomic mass is 10.2. The van der Waals surface area contributed by atoms with Crippen LogP contribution in [0.1, 0.15) is 12.2 Å². The maximum Gasteiger partial charge on any atom is 0.242 e. The van der Waals surface area contributed by atoms with Gasteiger partial charge in [0.2, 0.25) is 15.9 Å². The molecule has 1 aliphatic rings. The van der Waals surface area contributed by atoms with Crippen LogP contribution >= 0.6 is 0 Å². The SMILES string of the molecule is CN(C)S(=O)(=O)c1ccc2c(c1)nc(CCC(=O)Nc1ccc3c(c1)OCCO3)n2C. The number of imidazole rings is 1. The summed E-state index contributed by atoms with van der Waals surface area (Å²) in [6.07, 6.45) is 0.645. The fourth-order valence-electron chi connectivity index (χ4n) is 3.39. The number of sulfonamides is 1. The van der Waals surface area contributed by atoms with Gasteiger partial charge in [-0.15, -0.1) is 0 Å². The second-order valence-corrected chi connectivity index (χ2v) is 9.58. The summed E-state index contributed by atoms with van der Waals surface area (Å²) in [4.78, 5) is 17.2. The lowest BCUT2D eigenvalue weighted by molar-refractivity contribution is -0.116. The first-order chi connectivity index (χ1) is 14.8. The van der Waals surface area contributed by atoms with Crippen LogP contribution in [0.3, 0.4) is 0 Å². The number of aromatic nitrogens is 2. The minimum Gasteiger partial charge on any atom is -0.486 e. The molecule has 1 amide bonds. The summed E-state index contributed by atoms with van der Waals surface area (Å²) in [7, 11) is 1.29. The normalized spacial score (nSPS) is 13.5. The Kier molecular flexibility index (Phi) is 5.59. The number of aryl methyl sites for hydroxylation is 2. The topological polar surface area (TPSA) is 103 Å². The zero-order chi connectivity index (χ0) is 22.2. The van der Waals surface area contributed by atoms with Crippen molar-refractivity contribution in [2.75, 3.05) is 32.6 Å². The van der Waals surface area contributed by atoms with Crippen LogP contribution in [0.2, 0.25) is 0 Å². The van der Waals surface area contributed by atoms with E-state index < -0.39 is 10.0 Å². The number of benzene rings is 2. The summed E-state index contributed by atoms with van der Waals surface area (Å²) in [5, 5.41) is 2.86. The minimum absolute atomic E-state index is 0.153. The minimum atomic E-state index is -3.54. The van der Waals surface area contributed by atoms with E-state index in [0.717, 1.165) is 5.52 Å². The average molecular weight is 445 g/mol. The second-order valence-electron chi connectivity index (χ2n) is 7.43. The highest BCUT2D eigenvalue weighted by atomic mass is 32.2. The van der Waals surface area contributed by atoms with Crippen LogP contribution in [0.4, 0.5) is 5.69 Å². The van der Waals surface area contributed by atoms with Gasteiger partial charge in [-0.25, -0.2) is 17.7 Å². The van der Waals surface area contributed by atoms with Gasteiger partial charge < -0.3 is 19.4 Å². The van der Waals surface area contributed by atoms with Gasteiger partial charge in [-0.1, -0.05) is 0 Å². The van der Waals surface area contributed by atoms with Gasteiger partial charge >= 0.3 is 0 Å². The first-order valence-corrected chi connectivity index (χ1v) is 11.3. The van der Waals surface area contributed by atoms with Crippen molar-refractivity contribution in [1.29, 1.82) is 0 Å². The fourth-order valence-corrected chi connectivity index (χ4v) is 4.32. The molecule has 0 atom stereocenters. The summed E-state index contributed by atoms with van der Waals surface area (Å²) < 4.78 is 38.8. The summed E-state index contributed by atoms with van der Waals surface area (Å²) in [6, 6.07) is 10.1. The van der Waals surface area contributed by atoms with Crippen LogP contribution < -0.4 is 14.8 Å². The van der Waals surface area contributed by atoms with Gasteiger partial charge in [-0.3, -0.25) is 4.79 Å². The third-order valence-corrected chi connectivity index (χ3v) is 6.94. The monoisotopic (exact) mass is 444 g/mol. The second kappa shape index (κ2) is 8.20. The van der Waals surface area contributed by atoms with Gasteiger partial charge in [-0.05, 0) is 30.3 Å². The molecular formula is C21H24N4O5S. The van der Waals surface area contributed by atoms with Crippen molar-refractivity contribution >= 4 is 32.7 Å². The molecule has 0 bridgehead atoms. The van der Waals surface area contributed by atoms with Crippen LogP contribution in [-0.2, 0) is 28.3 Å². The Labute approximate surface area is 180 Å². The number of hydrogen-bond donors (Lipinski definition) is 1. The number of anilines is 1. The van der Waals surface area contributed by atoms with Crippen molar-refractivity contribution in [3.8, 4) is 11.5 Å². The van der Waals surface area contributed by atoms with Crippen LogP contribution in [0.5, 0.6) is 11.5 Å². The highest BCUT2D eigenvalue weighted by Crippen LogP contribution is 2.32. The molecule has 0 aliphatic carbocycles. The molecule has 164 valence electrons. The van der Waals surface area contributed by atoms with E-state index in [1.165, 1.54) is 18.4 Å². The molecule has 1 aliphatic heterocycles. The molecule has 1 N–H and O–H groups in total. The van der Waals surface area contributed by atoms with Gasteiger partial charge in [0.25, 0.3) is 0 Å². The molecule has 4 rings (SSSR count). The molecular weight excluding hydrogens is 420 g/mol. The van der Waals surface area contributed by atoms with E-state index in [1.807, 2.05) is 11.6 Å². The lowest BCUT2D eigenvalue weighted by Crippen LogP contribution is -2.22. The smallest absolute Gasteiger partial charge is 0.242 e. The maximum absolute atomic E-state index is 12.4. The predicted molar refractivity (Wildman–Crippen MR) is 116 cm³/mol. The van der Waals surface area contributed by atoms with Gasteiger partial charge in [0, 0.05) is 45.7 Å². The molecule has 3 aromatic rings. The van der Waals surface area contributed by atoms with Crippen LogP contribution in [0.25, 0.3) is 11.0 Å². The number of ether oxygens (including phenoxy) is 2. The van der Waals surface area contributed by atoms with E-state index in [0.29, 0.717) is 48.2 Å². The van der Waals surface area contributed by atoms with Crippen LogP contribution in [0.15, 0.2) is 41.3 Å². The number of carbonyl (C=O) groups is 1. The van der Waals surface area contributed by atoms with E-state index >= 15 is 0 Å². The van der Waals surface area contributed by atoms with E-state index in [4.69, 9.17) is 9.47 Å². The van der Waals surface area contributed by atoms with Crippen LogP contribution in [0, 0.1) is 0 Å². The first-order valence-electron chi connectivity index (χ1n) is 9.83. The van der Waals surface area contributed by atoms with Crippen molar-refractivity contribution in [2.24, 2.45) is 7.05 Å². The molecule has 2 heterocycles. The van der Waals surface area contributed by atoms with Crippen molar-refractivity contribution in [3.05, 3.63) is 42.2 Å². The lowest BCUT2D eigenvalue weighted by Gasteiger charge is -2.19. The summed E-state index contributed by atoms with van der Waals surface area (Å²) in [6.45, 7) is 0.994. The zero-order valence-corrected chi connectivity index (χ0v) is 18.4. The maximum atomic E-state index is 12.4. The molecule has 0 radical (unpaired) electrons. The molecule has 0 saturated heterocycles. The summed E-state index contributed by atoms with van der Waals surface area (Å²) >= 11 is 0. The number of carbonyl (C=O) groups excluding carboxylic acids is 1. The molecule has 31 heavy (non-hydrogen) atoms. The Morgan fingerprint density at radius 3 is 2.61 bits per heavy atom. The van der Waals surface area contributed by atoms with Gasteiger partial charge in [-0.2, -0.15) is 0 Å². The highest BCUT2D eigenvalue weighted by molar-refractivity contribution is 7.89. The molecule has 1 aromatic heterocycles. The number of hydrogen-bond acceptors (Lipinski definition) is 6.